The van der Waals surface area contributed by atoms with E-state index < -0.39 is 16.9 Å². The molecular formula is C23H29N3O5. The Morgan fingerprint density at radius 3 is 2.48 bits per heavy atom. The van der Waals surface area contributed by atoms with Crippen LogP contribution in [0.2, 0.25) is 0 Å². The van der Waals surface area contributed by atoms with E-state index >= 15 is 0 Å². The summed E-state index contributed by atoms with van der Waals surface area (Å²) in [7, 11) is 0. The zero-order chi connectivity index (χ0) is 21.8. The van der Waals surface area contributed by atoms with Crippen LogP contribution in [-0.2, 0) is 9.57 Å². The maximum Gasteiger partial charge on any atom is 0.338 e. The molecule has 166 valence electrons. The monoisotopic (exact) mass is 427 g/mol. The molecule has 1 aliphatic heterocycles. The molecule has 8 heteroatoms. The number of nitro groups is 1. The van der Waals surface area contributed by atoms with Gasteiger partial charge in [0.25, 0.3) is 5.69 Å². The summed E-state index contributed by atoms with van der Waals surface area (Å²) in [6, 6.07) is 7.67. The number of nitrogens with zero attached hydrogens (tertiary/aromatic N) is 3. The van der Waals surface area contributed by atoms with E-state index in [4.69, 9.17) is 9.57 Å². The molecule has 31 heavy (non-hydrogen) atoms. The zero-order valence-electron chi connectivity index (χ0n) is 17.7. The van der Waals surface area contributed by atoms with Crippen molar-refractivity contribution in [2.24, 2.45) is 11.8 Å². The number of rotatable bonds is 5. The van der Waals surface area contributed by atoms with Gasteiger partial charge < -0.3 is 4.74 Å². The Hall–Kier alpha value is -2.50. The smallest absolute Gasteiger partial charge is 0.338 e. The fraction of sp³-hybridized carbons (Fsp3) is 0.652. The van der Waals surface area contributed by atoms with Crippen LogP contribution in [0.15, 0.2) is 24.3 Å². The summed E-state index contributed by atoms with van der Waals surface area (Å²) in [5.41, 5.74) is 0.203. The number of carbonyl (C=O) groups is 1. The topological polar surface area (TPSA) is 106 Å². The molecule has 4 atom stereocenters. The van der Waals surface area contributed by atoms with Gasteiger partial charge in [0.15, 0.2) is 0 Å². The highest BCUT2D eigenvalue weighted by Gasteiger charge is 2.48. The van der Waals surface area contributed by atoms with E-state index in [0.717, 1.165) is 51.4 Å². The van der Waals surface area contributed by atoms with Gasteiger partial charge in [0.1, 0.15) is 6.04 Å². The fourth-order valence-corrected chi connectivity index (χ4v) is 5.38. The maximum atomic E-state index is 12.6. The molecular weight excluding hydrogens is 398 g/mol. The lowest BCUT2D eigenvalue weighted by Crippen LogP contribution is -2.59. The summed E-state index contributed by atoms with van der Waals surface area (Å²) in [6.07, 6.45) is 9.82. The van der Waals surface area contributed by atoms with Crippen molar-refractivity contribution in [3.8, 4) is 6.07 Å². The highest BCUT2D eigenvalue weighted by Crippen LogP contribution is 2.42. The van der Waals surface area contributed by atoms with Gasteiger partial charge in [-0.05, 0) is 43.7 Å². The number of fused-ring (bicyclic) bond motifs is 1. The minimum absolute atomic E-state index is 0.0707. The molecule has 1 saturated heterocycles. The highest BCUT2D eigenvalue weighted by molar-refractivity contribution is 5.89. The van der Waals surface area contributed by atoms with Crippen LogP contribution in [-0.4, -0.2) is 40.8 Å². The summed E-state index contributed by atoms with van der Waals surface area (Å²) in [4.78, 5) is 29.3. The minimum Gasteiger partial charge on any atom is -0.462 e. The molecule has 0 bridgehead atoms. The molecule has 4 unspecified atom stereocenters. The van der Waals surface area contributed by atoms with Crippen molar-refractivity contribution in [1.29, 1.82) is 5.26 Å². The molecule has 2 saturated carbocycles. The summed E-state index contributed by atoms with van der Waals surface area (Å²) in [5.74, 6) is -0.425. The number of esters is 1. The van der Waals surface area contributed by atoms with Gasteiger partial charge in [-0.2, -0.15) is 10.3 Å². The lowest BCUT2D eigenvalue weighted by Gasteiger charge is -2.50. The van der Waals surface area contributed by atoms with E-state index in [1.165, 1.54) is 30.7 Å². The van der Waals surface area contributed by atoms with Crippen molar-refractivity contribution in [2.75, 3.05) is 6.61 Å². The molecule has 1 aromatic rings. The van der Waals surface area contributed by atoms with Gasteiger partial charge in [0.2, 0.25) is 0 Å². The average molecular weight is 428 g/mol. The minimum atomic E-state index is -0.519. The summed E-state index contributed by atoms with van der Waals surface area (Å²) in [5, 5.41) is 22.8. The van der Waals surface area contributed by atoms with Crippen molar-refractivity contribution in [3.63, 3.8) is 0 Å². The van der Waals surface area contributed by atoms with Crippen LogP contribution in [0.25, 0.3) is 0 Å². The molecule has 8 nitrogen and oxygen atoms in total. The van der Waals surface area contributed by atoms with E-state index in [-0.39, 0.29) is 41.8 Å². The Bertz CT molecular complexity index is 831. The third kappa shape index (κ3) is 4.73. The van der Waals surface area contributed by atoms with Gasteiger partial charge in [0.05, 0.1) is 29.3 Å². The van der Waals surface area contributed by atoms with Gasteiger partial charge in [0, 0.05) is 24.1 Å². The van der Waals surface area contributed by atoms with Crippen LogP contribution in [0, 0.1) is 33.3 Å². The third-order valence-electron chi connectivity index (χ3n) is 7.03. The first-order valence-corrected chi connectivity index (χ1v) is 11.3. The molecule has 0 radical (unpaired) electrons. The number of ether oxygens (including phenoxy) is 1. The van der Waals surface area contributed by atoms with E-state index in [2.05, 4.69) is 6.07 Å². The number of hydrogen-bond donors (Lipinski definition) is 0. The number of nitro benzene ring substituents is 1. The first-order chi connectivity index (χ1) is 15.1. The van der Waals surface area contributed by atoms with Gasteiger partial charge in [-0.25, -0.2) is 4.79 Å². The van der Waals surface area contributed by atoms with Crippen molar-refractivity contribution in [2.45, 2.75) is 76.0 Å². The van der Waals surface area contributed by atoms with Crippen LogP contribution in [0.5, 0.6) is 0 Å². The second-order valence-corrected chi connectivity index (χ2v) is 8.88. The molecule has 0 amide bonds. The van der Waals surface area contributed by atoms with Gasteiger partial charge in [-0.3, -0.25) is 15.0 Å². The molecule has 2 aliphatic carbocycles. The summed E-state index contributed by atoms with van der Waals surface area (Å²) >= 11 is 0. The van der Waals surface area contributed by atoms with Crippen LogP contribution in [0.3, 0.4) is 0 Å². The van der Waals surface area contributed by atoms with Crippen molar-refractivity contribution >= 4 is 11.7 Å². The number of nitriles is 1. The quantitative estimate of drug-likeness (QED) is 0.389. The lowest BCUT2D eigenvalue weighted by atomic mass is 9.73. The van der Waals surface area contributed by atoms with E-state index in [0.29, 0.717) is 0 Å². The molecule has 0 N–H and O–H groups in total. The molecule has 1 aromatic carbocycles. The number of non-ortho nitro benzene ring substituents is 1. The lowest BCUT2D eigenvalue weighted by molar-refractivity contribution is -0.384. The van der Waals surface area contributed by atoms with Crippen molar-refractivity contribution in [3.05, 3.63) is 39.9 Å². The molecule has 0 aromatic heterocycles. The zero-order valence-corrected chi connectivity index (χ0v) is 17.7. The molecule has 1 heterocycles. The van der Waals surface area contributed by atoms with Gasteiger partial charge in [-0.15, -0.1) is 0 Å². The van der Waals surface area contributed by atoms with E-state index in [1.54, 1.807) is 0 Å². The molecule has 4 rings (SSSR count). The van der Waals surface area contributed by atoms with Crippen LogP contribution < -0.4 is 0 Å². The van der Waals surface area contributed by atoms with Crippen LogP contribution in [0.4, 0.5) is 5.69 Å². The van der Waals surface area contributed by atoms with Crippen molar-refractivity contribution in [1.82, 2.24) is 5.06 Å². The summed E-state index contributed by atoms with van der Waals surface area (Å²) < 4.78 is 5.64. The fourth-order valence-electron chi connectivity index (χ4n) is 5.38. The maximum absolute atomic E-state index is 12.6. The Balaban J connectivity index is 1.48. The second kappa shape index (κ2) is 9.75. The van der Waals surface area contributed by atoms with Crippen LogP contribution in [0.1, 0.15) is 68.1 Å². The Morgan fingerprint density at radius 1 is 1.13 bits per heavy atom. The Labute approximate surface area is 182 Å². The Kier molecular flexibility index (Phi) is 6.83. The van der Waals surface area contributed by atoms with Gasteiger partial charge >= 0.3 is 5.97 Å². The third-order valence-corrected chi connectivity index (χ3v) is 7.03. The standard InChI is InChI=1S/C23H29N3O5/c24-14-21-20(15-30-23(27)16-10-12-18(13-11-16)26(28)29)19-8-4-5-9-22(19)31-25(21)17-6-2-1-3-7-17/h10-13,17,19-22H,1-9,15H2. The number of benzene rings is 1. The second-order valence-electron chi connectivity index (χ2n) is 8.88. The Morgan fingerprint density at radius 2 is 1.81 bits per heavy atom. The first-order valence-electron chi connectivity index (χ1n) is 11.3. The molecule has 3 fully saturated rings. The number of carbonyl (C=O) groups excluding carboxylic acids is 1. The predicted molar refractivity (Wildman–Crippen MR) is 112 cm³/mol. The van der Waals surface area contributed by atoms with E-state index in [9.17, 15) is 20.2 Å². The average Bonchev–Trinajstić information content (AvgIpc) is 2.82. The normalized spacial score (nSPS) is 29.5. The summed E-state index contributed by atoms with van der Waals surface area (Å²) in [6.45, 7) is 0.155. The van der Waals surface area contributed by atoms with E-state index in [1.807, 2.05) is 5.06 Å². The molecule has 3 aliphatic rings. The SMILES string of the molecule is N#CC1C(COC(=O)c2ccc([N+](=O)[O-])cc2)C2CCCCC2ON1C1CCCCC1. The first kappa shape index (κ1) is 21.7. The van der Waals surface area contributed by atoms with Crippen molar-refractivity contribution < 1.29 is 19.3 Å². The predicted octanol–water partition coefficient (Wildman–Crippen LogP) is 4.40. The highest BCUT2D eigenvalue weighted by atomic mass is 16.7. The number of hydroxylamine groups is 2. The number of hydrogen-bond acceptors (Lipinski definition) is 7. The van der Waals surface area contributed by atoms with Gasteiger partial charge in [-0.1, -0.05) is 32.1 Å². The largest absolute Gasteiger partial charge is 0.462 e. The van der Waals surface area contributed by atoms with Crippen LogP contribution >= 0.6 is 0 Å². The molecule has 0 spiro atoms.